The number of ether oxygens (including phenoxy) is 1. The fourth-order valence-corrected chi connectivity index (χ4v) is 1.94. The van der Waals surface area contributed by atoms with Crippen LogP contribution in [0.1, 0.15) is 25.5 Å². The number of halogens is 1. The fraction of sp³-hybridized carbons (Fsp3) is 0.417. The summed E-state index contributed by atoms with van der Waals surface area (Å²) in [5.74, 6) is -0.371. The molecule has 1 saturated heterocycles. The van der Waals surface area contributed by atoms with Crippen LogP contribution >= 0.6 is 12.4 Å². The number of hydrogen-bond donors (Lipinski definition) is 3. The molecule has 1 aliphatic heterocycles. The first-order chi connectivity index (χ1) is 7.90. The van der Waals surface area contributed by atoms with Gasteiger partial charge >= 0.3 is 6.09 Å². The molecule has 1 aliphatic rings. The van der Waals surface area contributed by atoms with Crippen LogP contribution in [0.25, 0.3) is 0 Å². The van der Waals surface area contributed by atoms with Crippen molar-refractivity contribution in [1.29, 1.82) is 0 Å². The van der Waals surface area contributed by atoms with Crippen molar-refractivity contribution in [3.05, 3.63) is 23.8 Å². The summed E-state index contributed by atoms with van der Waals surface area (Å²) in [5, 5.41) is 21.5. The van der Waals surface area contributed by atoms with Crippen molar-refractivity contribution in [3.8, 4) is 11.5 Å². The van der Waals surface area contributed by atoms with E-state index in [1.807, 2.05) is 13.8 Å². The van der Waals surface area contributed by atoms with Gasteiger partial charge in [-0.05, 0) is 17.7 Å². The van der Waals surface area contributed by atoms with E-state index in [1.165, 1.54) is 12.1 Å². The summed E-state index contributed by atoms with van der Waals surface area (Å²) in [6.45, 7) is 4.23. The van der Waals surface area contributed by atoms with Crippen LogP contribution in [0.5, 0.6) is 11.5 Å². The summed E-state index contributed by atoms with van der Waals surface area (Å²) in [4.78, 5) is 11.2. The van der Waals surface area contributed by atoms with Crippen molar-refractivity contribution in [2.24, 2.45) is 5.41 Å². The third kappa shape index (κ3) is 2.61. The summed E-state index contributed by atoms with van der Waals surface area (Å²) < 4.78 is 4.94. The highest BCUT2D eigenvalue weighted by Gasteiger charge is 2.38. The maximum absolute atomic E-state index is 11.2. The standard InChI is InChI=1S/C12H15NO4.ClH/c1-12(2)6-17-11(16)13-10(12)7-3-4-8(14)9(15)5-7;/h3-5,10,14-15H,6H2,1-2H3,(H,13,16);1H/t10-;/m0./s1. The first kappa shape index (κ1) is 14.4. The third-order valence-electron chi connectivity index (χ3n) is 2.95. The minimum absolute atomic E-state index is 0. The van der Waals surface area contributed by atoms with Gasteiger partial charge < -0.3 is 20.3 Å². The summed E-state index contributed by atoms with van der Waals surface area (Å²) in [7, 11) is 0. The lowest BCUT2D eigenvalue weighted by Gasteiger charge is -2.38. The Labute approximate surface area is 111 Å². The first-order valence-electron chi connectivity index (χ1n) is 5.35. The van der Waals surface area contributed by atoms with Gasteiger partial charge in [-0.2, -0.15) is 0 Å². The molecule has 100 valence electrons. The molecule has 1 fully saturated rings. The molecule has 1 atom stereocenters. The smallest absolute Gasteiger partial charge is 0.407 e. The number of cyclic esters (lactones) is 1. The Hall–Kier alpha value is -1.62. The Kier molecular flexibility index (Phi) is 3.96. The van der Waals surface area contributed by atoms with Gasteiger partial charge in [0.2, 0.25) is 0 Å². The molecule has 1 aromatic carbocycles. The Balaban J connectivity index is 0.00000162. The predicted molar refractivity (Wildman–Crippen MR) is 68.0 cm³/mol. The maximum Gasteiger partial charge on any atom is 0.407 e. The molecule has 1 amide bonds. The molecule has 1 aromatic rings. The zero-order valence-corrected chi connectivity index (χ0v) is 11.0. The minimum atomic E-state index is -0.470. The summed E-state index contributed by atoms with van der Waals surface area (Å²) in [5.41, 5.74) is 0.457. The molecule has 2 rings (SSSR count). The van der Waals surface area contributed by atoms with Crippen LogP contribution in [0.2, 0.25) is 0 Å². The molecule has 5 nitrogen and oxygen atoms in total. The number of amides is 1. The van der Waals surface area contributed by atoms with Gasteiger partial charge in [-0.15, -0.1) is 12.4 Å². The van der Waals surface area contributed by atoms with Crippen molar-refractivity contribution in [2.75, 3.05) is 6.61 Å². The van der Waals surface area contributed by atoms with E-state index in [1.54, 1.807) is 6.07 Å². The van der Waals surface area contributed by atoms with E-state index in [0.29, 0.717) is 6.61 Å². The van der Waals surface area contributed by atoms with Crippen LogP contribution in [0, 0.1) is 5.41 Å². The molecule has 0 bridgehead atoms. The van der Waals surface area contributed by atoms with Crippen molar-refractivity contribution in [2.45, 2.75) is 19.9 Å². The van der Waals surface area contributed by atoms with Crippen molar-refractivity contribution in [1.82, 2.24) is 5.32 Å². The number of hydrogen-bond acceptors (Lipinski definition) is 4. The lowest BCUT2D eigenvalue weighted by atomic mass is 9.80. The van der Waals surface area contributed by atoms with Gasteiger partial charge in [-0.3, -0.25) is 0 Å². The third-order valence-corrected chi connectivity index (χ3v) is 2.95. The van der Waals surface area contributed by atoms with E-state index in [-0.39, 0.29) is 35.4 Å². The summed E-state index contributed by atoms with van der Waals surface area (Å²) in [6, 6.07) is 4.28. The van der Waals surface area contributed by atoms with Crippen LogP contribution < -0.4 is 5.32 Å². The van der Waals surface area contributed by atoms with Crippen molar-refractivity contribution >= 4 is 18.5 Å². The topological polar surface area (TPSA) is 78.8 Å². The van der Waals surface area contributed by atoms with Gasteiger partial charge in [0, 0.05) is 5.41 Å². The number of carbonyl (C=O) groups excluding carboxylic acids is 1. The number of phenols is 2. The summed E-state index contributed by atoms with van der Waals surface area (Å²) in [6.07, 6.45) is -0.470. The molecule has 0 unspecified atom stereocenters. The molecule has 1 heterocycles. The van der Waals surface area contributed by atoms with Crippen LogP contribution in [-0.2, 0) is 4.74 Å². The van der Waals surface area contributed by atoms with Crippen molar-refractivity contribution in [3.63, 3.8) is 0 Å². The number of benzene rings is 1. The number of aromatic hydroxyl groups is 2. The Morgan fingerprint density at radius 3 is 2.61 bits per heavy atom. The first-order valence-corrected chi connectivity index (χ1v) is 5.35. The van der Waals surface area contributed by atoms with Crippen LogP contribution in [0.15, 0.2) is 18.2 Å². The average Bonchev–Trinajstić information content (AvgIpc) is 2.26. The lowest BCUT2D eigenvalue weighted by Crippen LogP contribution is -2.46. The largest absolute Gasteiger partial charge is 0.504 e. The van der Waals surface area contributed by atoms with Crippen LogP contribution in [-0.4, -0.2) is 22.9 Å². The highest BCUT2D eigenvalue weighted by Crippen LogP contribution is 2.38. The second-order valence-corrected chi connectivity index (χ2v) is 4.89. The van der Waals surface area contributed by atoms with E-state index in [9.17, 15) is 15.0 Å². The van der Waals surface area contributed by atoms with Gasteiger partial charge in [0.05, 0.1) is 6.04 Å². The SMILES string of the molecule is CC1(C)COC(=O)N[C@H]1c1ccc(O)c(O)c1.Cl. The zero-order valence-electron chi connectivity index (χ0n) is 10.1. The Morgan fingerprint density at radius 1 is 1.33 bits per heavy atom. The summed E-state index contributed by atoms with van der Waals surface area (Å²) >= 11 is 0. The zero-order chi connectivity index (χ0) is 12.6. The molecular formula is C12H16ClNO4. The molecule has 0 saturated carbocycles. The quantitative estimate of drug-likeness (QED) is 0.686. The second-order valence-electron chi connectivity index (χ2n) is 4.89. The van der Waals surface area contributed by atoms with Gasteiger partial charge in [-0.25, -0.2) is 4.79 Å². The minimum Gasteiger partial charge on any atom is -0.504 e. The van der Waals surface area contributed by atoms with Crippen LogP contribution in [0.3, 0.4) is 0 Å². The van der Waals surface area contributed by atoms with Crippen LogP contribution in [0.4, 0.5) is 4.79 Å². The highest BCUT2D eigenvalue weighted by atomic mass is 35.5. The molecule has 0 radical (unpaired) electrons. The molecule has 0 aliphatic carbocycles. The molecule has 0 spiro atoms. The van der Waals surface area contributed by atoms with E-state index < -0.39 is 6.09 Å². The molecule has 6 heteroatoms. The normalized spacial score (nSPS) is 21.4. The number of rotatable bonds is 1. The van der Waals surface area contributed by atoms with Crippen molar-refractivity contribution < 1.29 is 19.7 Å². The highest BCUT2D eigenvalue weighted by molar-refractivity contribution is 5.85. The van der Waals surface area contributed by atoms with Gasteiger partial charge in [0.15, 0.2) is 11.5 Å². The van der Waals surface area contributed by atoms with Gasteiger partial charge in [-0.1, -0.05) is 19.9 Å². The van der Waals surface area contributed by atoms with Gasteiger partial charge in [0.25, 0.3) is 0 Å². The number of phenolic OH excluding ortho intramolecular Hbond substituents is 2. The molecular weight excluding hydrogens is 258 g/mol. The number of nitrogens with one attached hydrogen (secondary N) is 1. The molecule has 0 aromatic heterocycles. The monoisotopic (exact) mass is 273 g/mol. The van der Waals surface area contributed by atoms with E-state index in [0.717, 1.165) is 5.56 Å². The average molecular weight is 274 g/mol. The lowest BCUT2D eigenvalue weighted by molar-refractivity contribution is 0.0386. The molecule has 3 N–H and O–H groups in total. The number of alkyl carbamates (subject to hydrolysis) is 1. The fourth-order valence-electron chi connectivity index (χ4n) is 1.94. The maximum atomic E-state index is 11.2. The Bertz CT molecular complexity index is 461. The Morgan fingerprint density at radius 2 is 2.00 bits per heavy atom. The van der Waals surface area contributed by atoms with E-state index in [4.69, 9.17) is 4.74 Å². The predicted octanol–water partition coefficient (Wildman–Crippen LogP) is 2.33. The van der Waals surface area contributed by atoms with E-state index in [2.05, 4.69) is 5.32 Å². The second kappa shape index (κ2) is 4.94. The molecule has 18 heavy (non-hydrogen) atoms. The number of carbonyl (C=O) groups is 1. The van der Waals surface area contributed by atoms with Gasteiger partial charge in [0.1, 0.15) is 6.61 Å². The van der Waals surface area contributed by atoms with E-state index >= 15 is 0 Å².